The lowest BCUT2D eigenvalue weighted by atomic mass is 9.88. The number of aromatic nitrogens is 1. The maximum atomic E-state index is 4.88. The molecule has 1 nitrogen and oxygen atoms in total. The van der Waals surface area contributed by atoms with E-state index in [1.807, 2.05) is 24.4 Å². The zero-order valence-corrected chi connectivity index (χ0v) is 15.2. The number of hydrogen-bond donors (Lipinski definition) is 0. The molecule has 27 heavy (non-hydrogen) atoms. The minimum atomic E-state index is 0.766. The fourth-order valence-corrected chi connectivity index (χ4v) is 3.51. The predicted molar refractivity (Wildman–Crippen MR) is 114 cm³/mol. The lowest BCUT2D eigenvalue weighted by Gasteiger charge is -2.18. The van der Waals surface area contributed by atoms with Crippen molar-refractivity contribution in [3.05, 3.63) is 115 Å². The van der Waals surface area contributed by atoms with Gasteiger partial charge >= 0.3 is 0 Å². The quantitative estimate of drug-likeness (QED) is 0.361. The molecular formula is C26H21N. The van der Waals surface area contributed by atoms with Gasteiger partial charge in [0.1, 0.15) is 0 Å². The molecule has 4 aromatic rings. The van der Waals surface area contributed by atoms with Gasteiger partial charge in [-0.2, -0.15) is 0 Å². The average molecular weight is 347 g/mol. The normalized spacial score (nSPS) is 10.5. The van der Waals surface area contributed by atoms with E-state index in [-0.39, 0.29) is 0 Å². The van der Waals surface area contributed by atoms with Crippen molar-refractivity contribution < 1.29 is 0 Å². The van der Waals surface area contributed by atoms with Crippen LogP contribution in [0.15, 0.2) is 110 Å². The molecule has 0 unspecified atom stereocenters. The van der Waals surface area contributed by atoms with Crippen LogP contribution in [0.3, 0.4) is 0 Å². The third kappa shape index (κ3) is 3.45. The summed E-state index contributed by atoms with van der Waals surface area (Å²) in [5.41, 5.74) is 8.12. The van der Waals surface area contributed by atoms with E-state index >= 15 is 0 Å². The van der Waals surface area contributed by atoms with Crippen molar-refractivity contribution in [2.75, 3.05) is 0 Å². The highest BCUT2D eigenvalue weighted by Crippen LogP contribution is 2.39. The van der Waals surface area contributed by atoms with E-state index in [2.05, 4.69) is 85.4 Å². The lowest BCUT2D eigenvalue weighted by Crippen LogP contribution is -1.99. The summed E-state index contributed by atoms with van der Waals surface area (Å²) < 4.78 is 0. The van der Waals surface area contributed by atoms with Crippen LogP contribution in [-0.4, -0.2) is 4.98 Å². The Morgan fingerprint density at radius 2 is 1.19 bits per heavy atom. The Morgan fingerprint density at radius 3 is 1.74 bits per heavy atom. The first-order chi connectivity index (χ1) is 13.4. The molecule has 0 fully saturated rings. The van der Waals surface area contributed by atoms with Crippen LogP contribution in [0.5, 0.6) is 0 Å². The second-order valence-corrected chi connectivity index (χ2v) is 6.46. The highest BCUT2D eigenvalue weighted by molar-refractivity contribution is 5.89. The van der Waals surface area contributed by atoms with Crippen LogP contribution in [0.1, 0.15) is 5.56 Å². The fourth-order valence-electron chi connectivity index (χ4n) is 3.51. The Balaban J connectivity index is 2.05. The number of allylic oxidation sites excluding steroid dienone is 1. The van der Waals surface area contributed by atoms with E-state index in [0.717, 1.165) is 23.2 Å². The third-order valence-electron chi connectivity index (χ3n) is 4.72. The molecule has 0 aliphatic rings. The SMILES string of the molecule is C=CCc1c(-c2ccccc2)ncc(-c2ccccc2)c1-c1ccccc1. The van der Waals surface area contributed by atoms with Crippen LogP contribution in [0, 0.1) is 0 Å². The van der Waals surface area contributed by atoms with E-state index in [9.17, 15) is 0 Å². The van der Waals surface area contributed by atoms with Crippen molar-refractivity contribution in [3.63, 3.8) is 0 Å². The molecule has 0 saturated heterocycles. The number of rotatable bonds is 5. The average Bonchev–Trinajstić information content (AvgIpc) is 2.75. The van der Waals surface area contributed by atoms with Crippen LogP contribution < -0.4 is 0 Å². The largest absolute Gasteiger partial charge is 0.255 e. The van der Waals surface area contributed by atoms with Gasteiger partial charge in [0.05, 0.1) is 5.69 Å². The summed E-state index contributed by atoms with van der Waals surface area (Å²) in [6, 6.07) is 31.4. The van der Waals surface area contributed by atoms with Crippen LogP contribution in [0.2, 0.25) is 0 Å². The maximum absolute atomic E-state index is 4.88. The number of hydrogen-bond acceptors (Lipinski definition) is 1. The second-order valence-electron chi connectivity index (χ2n) is 6.46. The first kappa shape index (κ1) is 17.0. The van der Waals surface area contributed by atoms with Crippen LogP contribution >= 0.6 is 0 Å². The van der Waals surface area contributed by atoms with E-state index < -0.39 is 0 Å². The molecule has 0 amide bonds. The van der Waals surface area contributed by atoms with Gasteiger partial charge in [0.2, 0.25) is 0 Å². The van der Waals surface area contributed by atoms with Crippen LogP contribution in [-0.2, 0) is 6.42 Å². The Bertz CT molecular complexity index is 1040. The molecular weight excluding hydrogens is 326 g/mol. The third-order valence-corrected chi connectivity index (χ3v) is 4.72. The van der Waals surface area contributed by atoms with Gasteiger partial charge in [-0.15, -0.1) is 6.58 Å². The summed E-state index contributed by atoms with van der Waals surface area (Å²) in [4.78, 5) is 4.88. The molecule has 1 aromatic heterocycles. The van der Waals surface area contributed by atoms with Gasteiger partial charge in [-0.1, -0.05) is 97.1 Å². The summed E-state index contributed by atoms with van der Waals surface area (Å²) in [7, 11) is 0. The van der Waals surface area contributed by atoms with Crippen molar-refractivity contribution in [2.24, 2.45) is 0 Å². The minimum Gasteiger partial charge on any atom is -0.255 e. The molecule has 0 spiro atoms. The standard InChI is InChI=1S/C26H21N/c1-2-12-23-25(21-15-8-4-9-16-21)24(20-13-6-3-7-14-20)19-27-26(23)22-17-10-5-11-18-22/h2-11,13-19H,1,12H2. The van der Waals surface area contributed by atoms with Crippen molar-refractivity contribution in [3.8, 4) is 33.5 Å². The lowest BCUT2D eigenvalue weighted by molar-refractivity contribution is 1.20. The molecule has 1 heteroatoms. The van der Waals surface area contributed by atoms with Gasteiger partial charge in [-0.3, -0.25) is 4.98 Å². The summed E-state index contributed by atoms with van der Waals surface area (Å²) in [6.45, 7) is 4.00. The first-order valence-electron chi connectivity index (χ1n) is 9.17. The van der Waals surface area contributed by atoms with Gasteiger partial charge in [0, 0.05) is 17.3 Å². The molecule has 0 aliphatic heterocycles. The monoisotopic (exact) mass is 347 g/mol. The zero-order valence-electron chi connectivity index (χ0n) is 15.2. The molecule has 130 valence electrons. The highest BCUT2D eigenvalue weighted by Gasteiger charge is 2.17. The number of benzene rings is 3. The van der Waals surface area contributed by atoms with E-state index in [1.165, 1.54) is 22.3 Å². The minimum absolute atomic E-state index is 0.766. The zero-order chi connectivity index (χ0) is 18.5. The molecule has 0 aliphatic carbocycles. The summed E-state index contributed by atoms with van der Waals surface area (Å²) >= 11 is 0. The maximum Gasteiger partial charge on any atom is 0.0743 e. The first-order valence-corrected chi connectivity index (χ1v) is 9.17. The van der Waals surface area contributed by atoms with Gasteiger partial charge in [-0.05, 0) is 28.7 Å². The topological polar surface area (TPSA) is 12.9 Å². The Hall–Kier alpha value is -3.45. The fraction of sp³-hybridized carbons (Fsp3) is 0.0385. The van der Waals surface area contributed by atoms with Gasteiger partial charge in [-0.25, -0.2) is 0 Å². The van der Waals surface area contributed by atoms with Gasteiger partial charge < -0.3 is 0 Å². The molecule has 0 N–H and O–H groups in total. The molecule has 0 saturated carbocycles. The molecule has 0 radical (unpaired) electrons. The van der Waals surface area contributed by atoms with Crippen molar-refractivity contribution in [2.45, 2.75) is 6.42 Å². The molecule has 0 bridgehead atoms. The van der Waals surface area contributed by atoms with Crippen molar-refractivity contribution >= 4 is 0 Å². The number of nitrogens with zero attached hydrogens (tertiary/aromatic N) is 1. The summed E-state index contributed by atoms with van der Waals surface area (Å²) in [5, 5.41) is 0. The van der Waals surface area contributed by atoms with E-state index in [0.29, 0.717) is 0 Å². The van der Waals surface area contributed by atoms with Crippen LogP contribution in [0.4, 0.5) is 0 Å². The Kier molecular flexibility index (Phi) is 4.93. The number of pyridine rings is 1. The van der Waals surface area contributed by atoms with Crippen molar-refractivity contribution in [1.82, 2.24) is 4.98 Å². The van der Waals surface area contributed by atoms with E-state index in [1.54, 1.807) is 0 Å². The van der Waals surface area contributed by atoms with Gasteiger partial charge in [0.25, 0.3) is 0 Å². The molecule has 3 aromatic carbocycles. The predicted octanol–water partition coefficient (Wildman–Crippen LogP) is 6.81. The summed E-state index contributed by atoms with van der Waals surface area (Å²) in [5.74, 6) is 0. The van der Waals surface area contributed by atoms with Crippen molar-refractivity contribution in [1.29, 1.82) is 0 Å². The summed E-state index contributed by atoms with van der Waals surface area (Å²) in [6.07, 6.45) is 4.74. The van der Waals surface area contributed by atoms with Gasteiger partial charge in [0.15, 0.2) is 0 Å². The molecule has 1 heterocycles. The van der Waals surface area contributed by atoms with Crippen LogP contribution in [0.25, 0.3) is 33.5 Å². The smallest absolute Gasteiger partial charge is 0.0743 e. The molecule has 0 atom stereocenters. The second kappa shape index (κ2) is 7.84. The highest BCUT2D eigenvalue weighted by atomic mass is 14.7. The Labute approximate surface area is 160 Å². The Morgan fingerprint density at radius 1 is 0.667 bits per heavy atom. The van der Waals surface area contributed by atoms with E-state index in [4.69, 9.17) is 4.98 Å². The molecule has 4 rings (SSSR count).